The zero-order chi connectivity index (χ0) is 28.8. The number of rotatable bonds is 2. The second-order valence-electron chi connectivity index (χ2n) is 11.5. The first kappa shape index (κ1) is 23.6. The van der Waals surface area contributed by atoms with Gasteiger partial charge in [0, 0.05) is 32.6 Å². The maximum absolute atomic E-state index is 5.16. The van der Waals surface area contributed by atoms with E-state index in [2.05, 4.69) is 142 Å². The number of benzene rings is 6. The highest BCUT2D eigenvalue weighted by atomic mass is 15.0. The molecule has 0 aliphatic carbocycles. The fourth-order valence-corrected chi connectivity index (χ4v) is 7.05. The van der Waals surface area contributed by atoms with Crippen molar-refractivity contribution in [2.75, 3.05) is 0 Å². The van der Waals surface area contributed by atoms with Crippen LogP contribution in [0.15, 0.2) is 146 Å². The molecule has 0 saturated heterocycles. The first-order chi connectivity index (χ1) is 21.8. The summed E-state index contributed by atoms with van der Waals surface area (Å²) in [5.74, 6) is 0. The number of pyridine rings is 2. The highest BCUT2D eigenvalue weighted by molar-refractivity contribution is 6.15. The Morgan fingerprint density at radius 3 is 1.82 bits per heavy atom. The van der Waals surface area contributed by atoms with Gasteiger partial charge in [0.25, 0.3) is 0 Å². The van der Waals surface area contributed by atoms with Crippen LogP contribution in [-0.2, 0) is 0 Å². The Kier molecular flexibility index (Phi) is 4.69. The Bertz CT molecular complexity index is 2710. The van der Waals surface area contributed by atoms with Gasteiger partial charge in [-0.15, -0.1) is 0 Å². The van der Waals surface area contributed by atoms with Gasteiger partial charge in [0.2, 0.25) is 0 Å². The third-order valence-electron chi connectivity index (χ3n) is 9.06. The second-order valence-corrected chi connectivity index (χ2v) is 11.5. The summed E-state index contributed by atoms with van der Waals surface area (Å²) in [6.45, 7) is 0. The van der Waals surface area contributed by atoms with Crippen molar-refractivity contribution in [2.24, 2.45) is 0 Å². The first-order valence-corrected chi connectivity index (χ1v) is 14.9. The SMILES string of the molecule is c1ccc2nc3c(cc2c1)c1cc(-c2ccc(-n4c5ccccc5c5ccccc54)cc2)ccc1n1c2ccccc2nc31. The van der Waals surface area contributed by atoms with Crippen molar-refractivity contribution in [1.29, 1.82) is 0 Å². The summed E-state index contributed by atoms with van der Waals surface area (Å²) in [5, 5.41) is 5.95. The summed E-state index contributed by atoms with van der Waals surface area (Å²) in [4.78, 5) is 10.2. The second kappa shape index (κ2) is 8.76. The molecule has 0 unspecified atom stereocenters. The highest BCUT2D eigenvalue weighted by Crippen LogP contribution is 2.37. The van der Waals surface area contributed by atoms with E-state index in [0.29, 0.717) is 0 Å². The summed E-state index contributed by atoms with van der Waals surface area (Å²) in [6, 6.07) is 52.0. The molecule has 0 aliphatic heterocycles. The summed E-state index contributed by atoms with van der Waals surface area (Å²) in [5.41, 5.74) is 11.9. The smallest absolute Gasteiger partial charge is 0.165 e. The van der Waals surface area contributed by atoms with Crippen molar-refractivity contribution in [1.82, 2.24) is 18.9 Å². The van der Waals surface area contributed by atoms with Gasteiger partial charge in [-0.3, -0.25) is 4.40 Å². The van der Waals surface area contributed by atoms with Crippen LogP contribution >= 0.6 is 0 Å². The van der Waals surface area contributed by atoms with Crippen LogP contribution in [0.3, 0.4) is 0 Å². The van der Waals surface area contributed by atoms with Crippen LogP contribution in [0.4, 0.5) is 0 Å². The molecule has 0 atom stereocenters. The lowest BCUT2D eigenvalue weighted by molar-refractivity contribution is 1.18. The Morgan fingerprint density at radius 1 is 0.409 bits per heavy atom. The van der Waals surface area contributed by atoms with Crippen molar-refractivity contribution >= 4 is 71.2 Å². The topological polar surface area (TPSA) is 35.1 Å². The number of hydrogen-bond acceptors (Lipinski definition) is 2. The number of para-hydroxylation sites is 5. The summed E-state index contributed by atoms with van der Waals surface area (Å²) >= 11 is 0. The Balaban J connectivity index is 1.21. The van der Waals surface area contributed by atoms with Gasteiger partial charge in [0.05, 0.1) is 33.1 Å². The van der Waals surface area contributed by atoms with E-state index < -0.39 is 0 Å². The number of nitrogens with zero attached hydrogens (tertiary/aromatic N) is 4. The number of imidazole rings is 1. The van der Waals surface area contributed by atoms with E-state index in [9.17, 15) is 0 Å². The molecule has 0 amide bonds. The fourth-order valence-electron chi connectivity index (χ4n) is 7.05. The third-order valence-corrected chi connectivity index (χ3v) is 9.06. The van der Waals surface area contributed by atoms with E-state index in [1.807, 2.05) is 12.1 Å². The largest absolute Gasteiger partial charge is 0.309 e. The molecule has 6 aromatic carbocycles. The zero-order valence-corrected chi connectivity index (χ0v) is 23.6. The highest BCUT2D eigenvalue weighted by Gasteiger charge is 2.17. The minimum Gasteiger partial charge on any atom is -0.309 e. The van der Waals surface area contributed by atoms with Gasteiger partial charge >= 0.3 is 0 Å². The van der Waals surface area contributed by atoms with E-state index in [-0.39, 0.29) is 0 Å². The van der Waals surface area contributed by atoms with Crippen molar-refractivity contribution in [3.8, 4) is 16.8 Å². The molecule has 0 N–H and O–H groups in total. The molecule has 4 heterocycles. The fraction of sp³-hybridized carbons (Fsp3) is 0. The van der Waals surface area contributed by atoms with Gasteiger partial charge < -0.3 is 4.57 Å². The molecule has 4 nitrogen and oxygen atoms in total. The predicted octanol–water partition coefficient (Wildman–Crippen LogP) is 10.1. The van der Waals surface area contributed by atoms with E-state index in [1.165, 1.54) is 32.9 Å². The van der Waals surface area contributed by atoms with Gasteiger partial charge in [-0.1, -0.05) is 84.9 Å². The molecule has 44 heavy (non-hydrogen) atoms. The molecule has 0 radical (unpaired) electrons. The van der Waals surface area contributed by atoms with Crippen LogP contribution in [0.1, 0.15) is 0 Å². The average molecular weight is 561 g/mol. The molecule has 0 spiro atoms. The van der Waals surface area contributed by atoms with Gasteiger partial charge in [-0.05, 0) is 71.8 Å². The van der Waals surface area contributed by atoms with Gasteiger partial charge in [-0.25, -0.2) is 9.97 Å². The molecular formula is C40H24N4. The van der Waals surface area contributed by atoms with Crippen LogP contribution in [0.2, 0.25) is 0 Å². The number of hydrogen-bond donors (Lipinski definition) is 0. The summed E-state index contributed by atoms with van der Waals surface area (Å²) in [6.07, 6.45) is 0. The lowest BCUT2D eigenvalue weighted by Gasteiger charge is -2.12. The molecule has 0 saturated carbocycles. The molecule has 10 aromatic rings. The Hall–Kier alpha value is -6.00. The van der Waals surface area contributed by atoms with Crippen LogP contribution < -0.4 is 0 Å². The molecule has 4 heteroatoms. The van der Waals surface area contributed by atoms with Crippen molar-refractivity contribution in [3.63, 3.8) is 0 Å². The normalized spacial score (nSPS) is 12.1. The van der Waals surface area contributed by atoms with Gasteiger partial charge in [-0.2, -0.15) is 0 Å². The van der Waals surface area contributed by atoms with Crippen molar-refractivity contribution in [3.05, 3.63) is 146 Å². The van der Waals surface area contributed by atoms with Crippen LogP contribution in [-0.4, -0.2) is 18.9 Å². The zero-order valence-electron chi connectivity index (χ0n) is 23.6. The van der Waals surface area contributed by atoms with E-state index in [4.69, 9.17) is 9.97 Å². The molecule has 0 fully saturated rings. The Labute approximate surface area is 252 Å². The maximum Gasteiger partial charge on any atom is 0.165 e. The maximum atomic E-state index is 5.16. The molecule has 0 bridgehead atoms. The summed E-state index contributed by atoms with van der Waals surface area (Å²) < 4.78 is 4.63. The standard InChI is InChI=1S/C40H24N4/c1-4-12-33-27(9-1)24-32-31-23-26(19-22-37(31)44-38-16-8-5-13-34(38)42-40(44)39(32)41-33)25-17-20-28(21-18-25)43-35-14-6-2-10-29(35)30-11-3-7-15-36(30)43/h1-24H. The molecule has 10 rings (SSSR count). The monoisotopic (exact) mass is 560 g/mol. The molecule has 0 aliphatic rings. The minimum absolute atomic E-state index is 0.891. The minimum atomic E-state index is 0.891. The van der Waals surface area contributed by atoms with Crippen LogP contribution in [0, 0.1) is 0 Å². The number of fused-ring (bicyclic) bond motifs is 12. The predicted molar refractivity (Wildman–Crippen MR) is 183 cm³/mol. The van der Waals surface area contributed by atoms with Crippen LogP contribution in [0.25, 0.3) is 88.0 Å². The molecule has 4 aromatic heterocycles. The lowest BCUT2D eigenvalue weighted by atomic mass is 10.00. The number of aromatic nitrogens is 4. The van der Waals surface area contributed by atoms with Gasteiger partial charge in [0.1, 0.15) is 5.52 Å². The third kappa shape index (κ3) is 3.22. The quantitative estimate of drug-likeness (QED) is 0.156. The van der Waals surface area contributed by atoms with Crippen molar-refractivity contribution < 1.29 is 0 Å². The molecular weight excluding hydrogens is 536 g/mol. The average Bonchev–Trinajstić information content (AvgIpc) is 3.64. The van der Waals surface area contributed by atoms with E-state index in [1.54, 1.807) is 0 Å². The van der Waals surface area contributed by atoms with Gasteiger partial charge in [0.15, 0.2) is 5.65 Å². The van der Waals surface area contributed by atoms with Crippen LogP contribution in [0.5, 0.6) is 0 Å². The Morgan fingerprint density at radius 2 is 1.05 bits per heavy atom. The van der Waals surface area contributed by atoms with Crippen molar-refractivity contribution in [2.45, 2.75) is 0 Å². The first-order valence-electron chi connectivity index (χ1n) is 14.9. The van der Waals surface area contributed by atoms with E-state index >= 15 is 0 Å². The summed E-state index contributed by atoms with van der Waals surface area (Å²) in [7, 11) is 0. The molecule has 204 valence electrons. The lowest BCUT2D eigenvalue weighted by Crippen LogP contribution is -1.95. The van der Waals surface area contributed by atoms with E-state index in [0.717, 1.165) is 55.1 Å².